The summed E-state index contributed by atoms with van der Waals surface area (Å²) < 4.78 is 0. The van der Waals surface area contributed by atoms with Crippen molar-refractivity contribution >= 4 is 23.3 Å². The van der Waals surface area contributed by atoms with E-state index < -0.39 is 5.54 Å². The highest BCUT2D eigenvalue weighted by atomic mass is 35.5. The molecule has 1 aromatic rings. The number of nitrogens with one attached hydrogen (secondary N) is 1. The molecule has 1 aliphatic carbocycles. The molecule has 0 spiro atoms. The van der Waals surface area contributed by atoms with Gasteiger partial charge in [0.25, 0.3) is 0 Å². The van der Waals surface area contributed by atoms with Crippen molar-refractivity contribution in [1.29, 1.82) is 5.26 Å². The Bertz CT molecular complexity index is 641. The van der Waals surface area contributed by atoms with Crippen LogP contribution in [0.4, 0.5) is 0 Å². The molecule has 1 amide bonds. The third-order valence-electron chi connectivity index (χ3n) is 4.37. The molecule has 0 aromatic heterocycles. The summed E-state index contributed by atoms with van der Waals surface area (Å²) in [6, 6.07) is 9.18. The van der Waals surface area contributed by atoms with Crippen molar-refractivity contribution in [3.05, 3.63) is 34.9 Å². The number of hydrogen-bond donors (Lipinski definition) is 1. The van der Waals surface area contributed by atoms with E-state index in [9.17, 15) is 9.59 Å². The van der Waals surface area contributed by atoms with Crippen molar-refractivity contribution in [2.24, 2.45) is 0 Å². The first kappa shape index (κ1) is 17.5. The number of carbonyl (C=O) groups excluding carboxylic acids is 2. The fourth-order valence-electron chi connectivity index (χ4n) is 3.25. The van der Waals surface area contributed by atoms with Gasteiger partial charge >= 0.3 is 0 Å². The first-order chi connectivity index (χ1) is 11.0. The number of amides is 1. The molecule has 1 N–H and O–H groups in total. The molecular weight excluding hydrogens is 314 g/mol. The minimum absolute atomic E-state index is 0.0403. The Hall–Kier alpha value is -1.90. The van der Waals surface area contributed by atoms with E-state index in [0.29, 0.717) is 17.9 Å². The molecule has 0 radical (unpaired) electrons. The molecule has 0 unspecified atom stereocenters. The minimum Gasteiger partial charge on any atom is -0.342 e. The van der Waals surface area contributed by atoms with E-state index in [2.05, 4.69) is 5.32 Å². The van der Waals surface area contributed by atoms with Crippen LogP contribution in [0.25, 0.3) is 0 Å². The number of benzene rings is 1. The fraction of sp³-hybridized carbons (Fsp3) is 0.471. The van der Waals surface area contributed by atoms with E-state index in [1.807, 2.05) is 24.3 Å². The zero-order valence-corrected chi connectivity index (χ0v) is 13.9. The van der Waals surface area contributed by atoms with Crippen LogP contribution in [0.5, 0.6) is 0 Å². The summed E-state index contributed by atoms with van der Waals surface area (Å²) in [5.74, 6) is -0.189. The first-order valence-corrected chi connectivity index (χ1v) is 8.03. The number of nitriles is 1. The van der Waals surface area contributed by atoms with E-state index in [0.717, 1.165) is 18.4 Å². The quantitative estimate of drug-likeness (QED) is 0.839. The molecule has 122 valence electrons. The number of Topliss-reactive ketones (excluding diaryl/α,β-unsaturated/α-hetero) is 1. The number of likely N-dealkylation sites (N-methyl/N-ethyl adjacent to an activating group) is 1. The highest BCUT2D eigenvalue weighted by Crippen LogP contribution is 2.41. The van der Waals surface area contributed by atoms with Gasteiger partial charge in [-0.25, -0.2) is 0 Å². The van der Waals surface area contributed by atoms with Gasteiger partial charge in [0, 0.05) is 11.4 Å². The third kappa shape index (κ3) is 3.54. The zero-order chi connectivity index (χ0) is 16.9. The van der Waals surface area contributed by atoms with E-state index in [4.69, 9.17) is 16.9 Å². The maximum absolute atomic E-state index is 12.8. The maximum atomic E-state index is 12.8. The summed E-state index contributed by atoms with van der Waals surface area (Å²) in [5, 5.41) is 11.6. The number of nitrogens with zero attached hydrogens (tertiary/aromatic N) is 2. The fourth-order valence-corrected chi connectivity index (χ4v) is 3.54. The van der Waals surface area contributed by atoms with Crippen LogP contribution in [0, 0.1) is 11.3 Å². The second-order valence-corrected chi connectivity index (χ2v) is 6.17. The van der Waals surface area contributed by atoms with Crippen molar-refractivity contribution in [2.75, 3.05) is 20.1 Å². The summed E-state index contributed by atoms with van der Waals surface area (Å²) in [4.78, 5) is 26.6. The molecular formula is C17H20ClN3O2. The lowest BCUT2D eigenvalue weighted by Crippen LogP contribution is -2.54. The molecule has 23 heavy (non-hydrogen) atoms. The smallest absolute Gasteiger partial charge is 0.235 e. The molecule has 1 aromatic carbocycles. The van der Waals surface area contributed by atoms with Crippen LogP contribution in [0.1, 0.15) is 31.2 Å². The highest BCUT2D eigenvalue weighted by molar-refractivity contribution is 6.31. The van der Waals surface area contributed by atoms with Crippen molar-refractivity contribution in [1.82, 2.24) is 10.2 Å². The Morgan fingerprint density at radius 1 is 1.43 bits per heavy atom. The predicted molar refractivity (Wildman–Crippen MR) is 87.9 cm³/mol. The molecule has 1 atom stereocenters. The van der Waals surface area contributed by atoms with E-state index in [1.165, 1.54) is 0 Å². The van der Waals surface area contributed by atoms with Crippen molar-refractivity contribution in [3.63, 3.8) is 0 Å². The molecule has 1 fully saturated rings. The average molecular weight is 334 g/mol. The monoisotopic (exact) mass is 333 g/mol. The Balaban J connectivity index is 2.35. The van der Waals surface area contributed by atoms with Gasteiger partial charge in [0.1, 0.15) is 12.1 Å². The van der Waals surface area contributed by atoms with Crippen molar-refractivity contribution in [3.8, 4) is 6.07 Å². The van der Waals surface area contributed by atoms with E-state index >= 15 is 0 Å². The van der Waals surface area contributed by atoms with Gasteiger partial charge in [-0.3, -0.25) is 14.5 Å². The Morgan fingerprint density at radius 3 is 2.83 bits per heavy atom. The third-order valence-corrected chi connectivity index (χ3v) is 4.70. The second-order valence-electron chi connectivity index (χ2n) is 5.76. The van der Waals surface area contributed by atoms with Gasteiger partial charge in [-0.2, -0.15) is 5.26 Å². The number of carbonyl (C=O) groups is 2. The van der Waals surface area contributed by atoms with Gasteiger partial charge in [0.15, 0.2) is 5.78 Å². The summed E-state index contributed by atoms with van der Waals surface area (Å²) in [6.07, 6.45) is 2.88. The van der Waals surface area contributed by atoms with Gasteiger partial charge in [-0.05, 0) is 31.5 Å². The Labute approximate surface area is 141 Å². The largest absolute Gasteiger partial charge is 0.342 e. The van der Waals surface area contributed by atoms with Crippen LogP contribution in [0.2, 0.25) is 5.02 Å². The van der Waals surface area contributed by atoms with Crippen LogP contribution in [0.3, 0.4) is 0 Å². The van der Waals surface area contributed by atoms with Crippen LogP contribution in [0.15, 0.2) is 24.3 Å². The highest BCUT2D eigenvalue weighted by Gasteiger charge is 2.46. The molecule has 5 nitrogen and oxygen atoms in total. The number of rotatable bonds is 5. The van der Waals surface area contributed by atoms with Gasteiger partial charge in [0.05, 0.1) is 12.6 Å². The van der Waals surface area contributed by atoms with E-state index in [-0.39, 0.29) is 24.8 Å². The van der Waals surface area contributed by atoms with Crippen LogP contribution in [-0.2, 0) is 15.1 Å². The lowest BCUT2D eigenvalue weighted by atomic mass is 9.74. The zero-order valence-electron chi connectivity index (χ0n) is 13.1. The summed E-state index contributed by atoms with van der Waals surface area (Å²) in [6.45, 7) is -0.00163. The molecule has 0 aliphatic heterocycles. The van der Waals surface area contributed by atoms with Crippen molar-refractivity contribution in [2.45, 2.75) is 31.2 Å². The van der Waals surface area contributed by atoms with Gasteiger partial charge in [-0.15, -0.1) is 0 Å². The lowest BCUT2D eigenvalue weighted by Gasteiger charge is -2.43. The van der Waals surface area contributed by atoms with Crippen LogP contribution < -0.4 is 5.32 Å². The molecule has 1 aliphatic rings. The lowest BCUT2D eigenvalue weighted by molar-refractivity contribution is -0.136. The molecule has 6 heteroatoms. The van der Waals surface area contributed by atoms with Gasteiger partial charge in [0.2, 0.25) is 5.91 Å². The number of hydrogen-bond acceptors (Lipinski definition) is 4. The Kier molecular flexibility index (Phi) is 5.75. The molecule has 0 bridgehead atoms. The normalized spacial score (nSPS) is 21.0. The molecule has 0 saturated heterocycles. The SMILES string of the molecule is CN(CC(=O)NCC#N)[C@@]1(c2ccccc2Cl)CCCCC1=O. The maximum Gasteiger partial charge on any atom is 0.235 e. The van der Waals surface area contributed by atoms with Gasteiger partial charge < -0.3 is 5.32 Å². The average Bonchev–Trinajstić information content (AvgIpc) is 2.54. The second kappa shape index (κ2) is 7.58. The predicted octanol–water partition coefficient (Wildman–Crippen LogP) is 2.25. The minimum atomic E-state index is -0.874. The van der Waals surface area contributed by atoms with E-state index in [1.54, 1.807) is 18.0 Å². The van der Waals surface area contributed by atoms with Crippen molar-refractivity contribution < 1.29 is 9.59 Å². The van der Waals surface area contributed by atoms with Crippen LogP contribution >= 0.6 is 11.6 Å². The molecule has 1 saturated carbocycles. The standard InChI is InChI=1S/C17H20ClN3O2/c1-21(12-16(23)20-11-10-19)17(9-5-4-8-15(17)22)13-6-2-3-7-14(13)18/h2-3,6-7H,4-5,8-9,11-12H2,1H3,(H,20,23)/t17-/m1/s1. The number of ketones is 1. The molecule has 0 heterocycles. The Morgan fingerprint density at radius 2 is 2.17 bits per heavy atom. The first-order valence-electron chi connectivity index (χ1n) is 7.65. The molecule has 2 rings (SSSR count). The van der Waals surface area contributed by atoms with Crippen LogP contribution in [-0.4, -0.2) is 36.7 Å². The van der Waals surface area contributed by atoms with Gasteiger partial charge in [-0.1, -0.05) is 36.2 Å². The topological polar surface area (TPSA) is 73.2 Å². The number of halogens is 1. The summed E-state index contributed by atoms with van der Waals surface area (Å²) in [7, 11) is 1.76. The summed E-state index contributed by atoms with van der Waals surface area (Å²) in [5.41, 5.74) is -0.123. The summed E-state index contributed by atoms with van der Waals surface area (Å²) >= 11 is 6.35.